The second kappa shape index (κ2) is 11.7. The zero-order chi connectivity index (χ0) is 21.2. The van der Waals surface area contributed by atoms with Gasteiger partial charge >= 0.3 is 5.97 Å². The van der Waals surface area contributed by atoms with Gasteiger partial charge in [-0.3, -0.25) is 14.4 Å². The van der Waals surface area contributed by atoms with Gasteiger partial charge in [0, 0.05) is 25.0 Å². The van der Waals surface area contributed by atoms with E-state index in [9.17, 15) is 14.4 Å². The van der Waals surface area contributed by atoms with Crippen molar-refractivity contribution < 1.29 is 23.9 Å². The van der Waals surface area contributed by atoms with E-state index in [1.54, 1.807) is 18.9 Å². The lowest BCUT2D eigenvalue weighted by Crippen LogP contribution is -2.46. The second-order valence-electron chi connectivity index (χ2n) is 6.85. The molecule has 0 unspecified atom stereocenters. The molecule has 0 aliphatic carbocycles. The smallest absolute Gasteiger partial charge is 0.309 e. The molecular weight excluding hydrogens is 392 g/mol. The predicted octanol–water partition coefficient (Wildman–Crippen LogP) is 2.44. The van der Waals surface area contributed by atoms with E-state index in [0.29, 0.717) is 39.1 Å². The fourth-order valence-electron chi connectivity index (χ4n) is 3.07. The summed E-state index contributed by atoms with van der Waals surface area (Å²) in [5.41, 5.74) is 0. The highest BCUT2D eigenvalue weighted by molar-refractivity contribution is 8.00. The van der Waals surface area contributed by atoms with Crippen LogP contribution in [0.4, 0.5) is 0 Å². The number of amides is 2. The maximum Gasteiger partial charge on any atom is 0.309 e. The fourth-order valence-corrected chi connectivity index (χ4v) is 3.91. The van der Waals surface area contributed by atoms with Crippen molar-refractivity contribution in [1.29, 1.82) is 0 Å². The number of piperidine rings is 1. The van der Waals surface area contributed by atoms with Gasteiger partial charge in [-0.05, 0) is 51.0 Å². The molecule has 1 aromatic rings. The first kappa shape index (κ1) is 23.1. The summed E-state index contributed by atoms with van der Waals surface area (Å²) in [7, 11) is 1.64. The SMILES string of the molecule is CCOC(=O)C1CCN(C(=O)CN(C)C(=O)CSc2ccc(OCC)cc2)CC1. The number of benzene rings is 1. The first-order chi connectivity index (χ1) is 13.9. The molecule has 1 heterocycles. The van der Waals surface area contributed by atoms with Crippen molar-refractivity contribution >= 4 is 29.5 Å². The van der Waals surface area contributed by atoms with Crippen molar-refractivity contribution in [2.45, 2.75) is 31.6 Å². The van der Waals surface area contributed by atoms with Crippen LogP contribution >= 0.6 is 11.8 Å². The molecule has 1 aliphatic heterocycles. The molecule has 2 amide bonds. The fraction of sp³-hybridized carbons (Fsp3) is 0.571. The lowest BCUT2D eigenvalue weighted by Gasteiger charge is -2.32. The van der Waals surface area contributed by atoms with Gasteiger partial charge in [0.05, 0.1) is 31.4 Å². The minimum atomic E-state index is -0.182. The largest absolute Gasteiger partial charge is 0.494 e. The summed E-state index contributed by atoms with van der Waals surface area (Å²) in [4.78, 5) is 40.8. The normalized spacial score (nSPS) is 14.4. The van der Waals surface area contributed by atoms with Crippen molar-refractivity contribution in [3.63, 3.8) is 0 Å². The third kappa shape index (κ3) is 7.27. The van der Waals surface area contributed by atoms with Crippen LogP contribution in [0.1, 0.15) is 26.7 Å². The van der Waals surface area contributed by atoms with E-state index in [-0.39, 0.29) is 36.0 Å². The molecule has 0 spiro atoms. The third-order valence-corrected chi connectivity index (χ3v) is 5.76. The molecule has 160 valence electrons. The number of thioether (sulfide) groups is 1. The first-order valence-electron chi connectivity index (χ1n) is 9.98. The molecule has 1 fully saturated rings. The van der Waals surface area contributed by atoms with E-state index in [1.807, 2.05) is 31.2 Å². The summed E-state index contributed by atoms with van der Waals surface area (Å²) in [6.07, 6.45) is 1.21. The lowest BCUT2D eigenvalue weighted by molar-refractivity contribution is -0.151. The molecule has 0 radical (unpaired) electrons. The Morgan fingerprint density at radius 2 is 1.76 bits per heavy atom. The Balaban J connectivity index is 1.73. The van der Waals surface area contributed by atoms with Crippen LogP contribution in [0.15, 0.2) is 29.2 Å². The summed E-state index contributed by atoms with van der Waals surface area (Å²) < 4.78 is 10.5. The number of nitrogens with zero attached hydrogens (tertiary/aromatic N) is 2. The standard InChI is InChI=1S/C21H30N2O5S/c1-4-27-17-6-8-18(9-7-17)29-15-20(25)22(3)14-19(24)23-12-10-16(11-13-23)21(26)28-5-2/h6-9,16H,4-5,10-15H2,1-3H3. The highest BCUT2D eigenvalue weighted by Crippen LogP contribution is 2.22. The van der Waals surface area contributed by atoms with Gasteiger partial charge in [0.2, 0.25) is 11.8 Å². The average Bonchev–Trinajstić information content (AvgIpc) is 2.73. The summed E-state index contributed by atoms with van der Waals surface area (Å²) in [6, 6.07) is 7.59. The van der Waals surface area contributed by atoms with E-state index in [0.717, 1.165) is 10.6 Å². The van der Waals surface area contributed by atoms with Crippen LogP contribution < -0.4 is 4.74 Å². The molecule has 0 aromatic heterocycles. The van der Waals surface area contributed by atoms with E-state index in [1.165, 1.54) is 16.7 Å². The molecule has 1 aliphatic rings. The quantitative estimate of drug-likeness (QED) is 0.449. The molecule has 0 bridgehead atoms. The zero-order valence-corrected chi connectivity index (χ0v) is 18.2. The van der Waals surface area contributed by atoms with E-state index < -0.39 is 0 Å². The van der Waals surface area contributed by atoms with Crippen molar-refractivity contribution in [3.8, 4) is 5.75 Å². The average molecular weight is 423 g/mol. The maximum atomic E-state index is 12.5. The molecule has 7 nitrogen and oxygen atoms in total. The van der Waals surface area contributed by atoms with E-state index >= 15 is 0 Å². The van der Waals surface area contributed by atoms with Crippen molar-refractivity contribution in [3.05, 3.63) is 24.3 Å². The molecule has 1 saturated heterocycles. The van der Waals surface area contributed by atoms with Crippen molar-refractivity contribution in [2.24, 2.45) is 5.92 Å². The van der Waals surface area contributed by atoms with Gasteiger partial charge < -0.3 is 19.3 Å². The number of hydrogen-bond donors (Lipinski definition) is 0. The van der Waals surface area contributed by atoms with Gasteiger partial charge in [0.1, 0.15) is 5.75 Å². The number of rotatable bonds is 9. The molecule has 2 rings (SSSR count). The Kier molecular flexibility index (Phi) is 9.31. The topological polar surface area (TPSA) is 76.2 Å². The minimum absolute atomic E-state index is 0.0484. The number of ether oxygens (including phenoxy) is 2. The maximum absolute atomic E-state index is 12.5. The lowest BCUT2D eigenvalue weighted by atomic mass is 9.97. The monoisotopic (exact) mass is 422 g/mol. The molecule has 1 aromatic carbocycles. The second-order valence-corrected chi connectivity index (χ2v) is 7.90. The van der Waals surface area contributed by atoms with Gasteiger partial charge in [-0.1, -0.05) is 0 Å². The van der Waals surface area contributed by atoms with E-state index in [2.05, 4.69) is 0 Å². The Morgan fingerprint density at radius 3 is 2.34 bits per heavy atom. The zero-order valence-electron chi connectivity index (χ0n) is 17.4. The Labute approximate surface area is 176 Å². The first-order valence-corrected chi connectivity index (χ1v) is 11.0. The molecule has 0 N–H and O–H groups in total. The summed E-state index contributed by atoms with van der Waals surface area (Å²) in [6.45, 7) is 5.80. The molecule has 0 saturated carbocycles. The van der Waals surface area contributed by atoms with Gasteiger partial charge in [-0.15, -0.1) is 11.8 Å². The van der Waals surface area contributed by atoms with Crippen molar-refractivity contribution in [1.82, 2.24) is 9.80 Å². The molecule has 0 atom stereocenters. The Hall–Kier alpha value is -2.22. The number of likely N-dealkylation sites (tertiary alicyclic amines) is 1. The van der Waals surface area contributed by atoms with Crippen LogP contribution in [0.5, 0.6) is 5.75 Å². The number of carbonyl (C=O) groups is 3. The third-order valence-electron chi connectivity index (χ3n) is 4.76. The summed E-state index contributed by atoms with van der Waals surface area (Å²) >= 11 is 1.43. The van der Waals surface area contributed by atoms with Gasteiger partial charge in [0.25, 0.3) is 0 Å². The van der Waals surface area contributed by atoms with Gasteiger partial charge in [-0.25, -0.2) is 0 Å². The van der Waals surface area contributed by atoms with Gasteiger partial charge in [-0.2, -0.15) is 0 Å². The number of likely N-dealkylation sites (N-methyl/N-ethyl adjacent to an activating group) is 1. The van der Waals surface area contributed by atoms with Crippen LogP contribution in [-0.4, -0.2) is 73.2 Å². The molecule has 8 heteroatoms. The summed E-state index contributed by atoms with van der Waals surface area (Å²) in [5, 5.41) is 0. The van der Waals surface area contributed by atoms with Crippen LogP contribution in [0.2, 0.25) is 0 Å². The highest BCUT2D eigenvalue weighted by Gasteiger charge is 2.28. The highest BCUT2D eigenvalue weighted by atomic mass is 32.2. The molecular formula is C21H30N2O5S. The predicted molar refractivity (Wildman–Crippen MR) is 112 cm³/mol. The minimum Gasteiger partial charge on any atom is -0.494 e. The van der Waals surface area contributed by atoms with Crippen LogP contribution in [0, 0.1) is 5.92 Å². The van der Waals surface area contributed by atoms with Crippen LogP contribution in [-0.2, 0) is 19.1 Å². The number of esters is 1. The van der Waals surface area contributed by atoms with Crippen LogP contribution in [0.3, 0.4) is 0 Å². The number of hydrogen-bond acceptors (Lipinski definition) is 6. The molecule has 29 heavy (non-hydrogen) atoms. The van der Waals surface area contributed by atoms with E-state index in [4.69, 9.17) is 9.47 Å². The summed E-state index contributed by atoms with van der Waals surface area (Å²) in [5.74, 6) is 0.565. The van der Waals surface area contributed by atoms with Gasteiger partial charge in [0.15, 0.2) is 0 Å². The Bertz CT molecular complexity index is 687. The number of carbonyl (C=O) groups excluding carboxylic acids is 3. The Morgan fingerprint density at radius 1 is 1.10 bits per heavy atom. The van der Waals surface area contributed by atoms with Crippen LogP contribution in [0.25, 0.3) is 0 Å². The van der Waals surface area contributed by atoms with Crippen molar-refractivity contribution in [2.75, 3.05) is 45.6 Å².